The Morgan fingerprint density at radius 3 is 1.09 bits per heavy atom. The lowest BCUT2D eigenvalue weighted by Crippen LogP contribution is -2.54. The first kappa shape index (κ1) is 17.7. The highest BCUT2D eigenvalue weighted by atomic mass is 31.1. The summed E-state index contributed by atoms with van der Waals surface area (Å²) in [6.07, 6.45) is -12.2. The van der Waals surface area contributed by atoms with Crippen LogP contribution in [0.4, 0.5) is 30.7 Å². The summed E-state index contributed by atoms with van der Waals surface area (Å²) in [5.41, 5.74) is 0. The lowest BCUT2D eigenvalue weighted by atomic mass is 10.3. The van der Waals surface area contributed by atoms with Crippen LogP contribution >= 0.6 is 7.92 Å². The zero-order valence-electron chi connectivity index (χ0n) is 11.4. The molecular weight excluding hydrogens is 344 g/mol. The van der Waals surface area contributed by atoms with Crippen molar-refractivity contribution in [2.45, 2.75) is 17.8 Å². The second-order valence-corrected chi connectivity index (χ2v) is 6.94. The predicted molar refractivity (Wildman–Crippen MR) is 75.0 cm³/mol. The number of alkyl halides is 7. The Balaban J connectivity index is 2.75. The molecule has 0 heterocycles. The predicted octanol–water partition coefficient (Wildman–Crippen LogP) is 4.91. The SMILES string of the molecule is FC(F)(F)C(F)(P(c1ccccc1)c1ccccc1)C(F)(F)F. The van der Waals surface area contributed by atoms with E-state index in [1.807, 2.05) is 0 Å². The van der Waals surface area contributed by atoms with Gasteiger partial charge in [0.25, 0.3) is 0 Å². The molecule has 0 aliphatic carbocycles. The summed E-state index contributed by atoms with van der Waals surface area (Å²) in [5.74, 6) is 0. The van der Waals surface area contributed by atoms with Crippen LogP contribution in [0.3, 0.4) is 0 Å². The summed E-state index contributed by atoms with van der Waals surface area (Å²) < 4.78 is 93.5. The van der Waals surface area contributed by atoms with E-state index in [1.54, 1.807) is 0 Å². The summed E-state index contributed by atoms with van der Waals surface area (Å²) in [7, 11) is -3.39. The van der Waals surface area contributed by atoms with Gasteiger partial charge in [0.2, 0.25) is 0 Å². The lowest BCUT2D eigenvalue weighted by Gasteiger charge is -2.37. The van der Waals surface area contributed by atoms with Crippen LogP contribution in [0.5, 0.6) is 0 Å². The van der Waals surface area contributed by atoms with E-state index < -0.39 is 25.7 Å². The van der Waals surface area contributed by atoms with Crippen LogP contribution in [0.2, 0.25) is 0 Å². The van der Waals surface area contributed by atoms with Crippen LogP contribution in [0, 0.1) is 0 Å². The van der Waals surface area contributed by atoms with Crippen molar-refractivity contribution in [1.29, 1.82) is 0 Å². The third kappa shape index (κ3) is 3.20. The van der Waals surface area contributed by atoms with Gasteiger partial charge >= 0.3 is 17.8 Å². The monoisotopic (exact) mass is 354 g/mol. The third-order valence-electron chi connectivity index (χ3n) is 3.09. The summed E-state index contributed by atoms with van der Waals surface area (Å²) in [4.78, 5) is 0. The normalized spacial score (nSPS) is 13.4. The van der Waals surface area contributed by atoms with Crippen molar-refractivity contribution in [1.82, 2.24) is 0 Å². The van der Waals surface area contributed by atoms with E-state index in [9.17, 15) is 30.7 Å². The first-order chi connectivity index (χ1) is 10.6. The number of hydrogen-bond donors (Lipinski definition) is 0. The topological polar surface area (TPSA) is 0 Å². The minimum atomic E-state index is -6.09. The minimum Gasteiger partial charge on any atom is -0.218 e. The molecule has 0 fully saturated rings. The molecule has 0 unspecified atom stereocenters. The van der Waals surface area contributed by atoms with Crippen molar-refractivity contribution in [2.75, 3.05) is 0 Å². The van der Waals surface area contributed by atoms with E-state index in [-0.39, 0.29) is 10.6 Å². The third-order valence-corrected chi connectivity index (χ3v) is 5.84. The van der Waals surface area contributed by atoms with Gasteiger partial charge in [-0.05, 0) is 10.6 Å². The van der Waals surface area contributed by atoms with Gasteiger partial charge < -0.3 is 0 Å². The maximum atomic E-state index is 14.6. The molecule has 0 bridgehead atoms. The molecule has 0 saturated heterocycles. The van der Waals surface area contributed by atoms with Gasteiger partial charge in [-0.2, -0.15) is 26.3 Å². The van der Waals surface area contributed by atoms with Crippen LogP contribution in [-0.2, 0) is 0 Å². The highest BCUT2D eigenvalue weighted by molar-refractivity contribution is 7.74. The summed E-state index contributed by atoms with van der Waals surface area (Å²) in [5, 5.41) is -6.02. The molecule has 0 spiro atoms. The van der Waals surface area contributed by atoms with E-state index in [2.05, 4.69) is 0 Å². The van der Waals surface area contributed by atoms with Crippen molar-refractivity contribution < 1.29 is 30.7 Å². The molecule has 8 heteroatoms. The van der Waals surface area contributed by atoms with Gasteiger partial charge in [-0.1, -0.05) is 60.7 Å². The summed E-state index contributed by atoms with van der Waals surface area (Å²) in [6.45, 7) is 0. The average molecular weight is 354 g/mol. The fourth-order valence-electron chi connectivity index (χ4n) is 2.07. The van der Waals surface area contributed by atoms with E-state index in [4.69, 9.17) is 0 Å². The van der Waals surface area contributed by atoms with E-state index in [1.165, 1.54) is 36.4 Å². The highest BCUT2D eigenvalue weighted by Crippen LogP contribution is 2.64. The molecular formula is C15H10F7P. The van der Waals surface area contributed by atoms with Crippen LogP contribution in [0.15, 0.2) is 60.7 Å². The van der Waals surface area contributed by atoms with Gasteiger partial charge in [0, 0.05) is 7.92 Å². The maximum absolute atomic E-state index is 14.6. The highest BCUT2D eigenvalue weighted by Gasteiger charge is 2.76. The van der Waals surface area contributed by atoms with Crippen molar-refractivity contribution in [2.24, 2.45) is 0 Å². The summed E-state index contributed by atoms with van der Waals surface area (Å²) in [6, 6.07) is 12.3. The smallest absolute Gasteiger partial charge is 0.218 e. The van der Waals surface area contributed by atoms with Gasteiger partial charge in [0.15, 0.2) is 0 Å². The van der Waals surface area contributed by atoms with E-state index in [0.717, 1.165) is 24.3 Å². The Kier molecular flexibility index (Phi) is 4.71. The van der Waals surface area contributed by atoms with Crippen molar-refractivity contribution in [3.63, 3.8) is 0 Å². The molecule has 0 radical (unpaired) electrons. The Labute approximate surface area is 128 Å². The Morgan fingerprint density at radius 2 is 0.826 bits per heavy atom. The van der Waals surface area contributed by atoms with E-state index >= 15 is 0 Å². The molecule has 124 valence electrons. The van der Waals surface area contributed by atoms with Crippen molar-refractivity contribution in [3.8, 4) is 0 Å². The van der Waals surface area contributed by atoms with Gasteiger partial charge in [-0.3, -0.25) is 0 Å². The molecule has 0 amide bonds. The molecule has 2 aromatic rings. The lowest BCUT2D eigenvalue weighted by molar-refractivity contribution is -0.304. The zero-order chi connectivity index (χ0) is 17.3. The molecule has 0 saturated carbocycles. The van der Waals surface area contributed by atoms with Crippen LogP contribution in [0.1, 0.15) is 0 Å². The fourth-order valence-corrected chi connectivity index (χ4v) is 4.53. The van der Waals surface area contributed by atoms with Crippen molar-refractivity contribution >= 4 is 18.5 Å². The van der Waals surface area contributed by atoms with Crippen LogP contribution in [-0.4, -0.2) is 17.8 Å². The Bertz CT molecular complexity index is 581. The zero-order valence-corrected chi connectivity index (χ0v) is 12.3. The quantitative estimate of drug-likeness (QED) is 0.543. The second kappa shape index (κ2) is 6.11. The first-order valence-electron chi connectivity index (χ1n) is 6.32. The van der Waals surface area contributed by atoms with Gasteiger partial charge in [-0.25, -0.2) is 4.39 Å². The minimum absolute atomic E-state index is 0.342. The molecule has 0 N–H and O–H groups in total. The largest absolute Gasteiger partial charge is 0.436 e. The molecule has 23 heavy (non-hydrogen) atoms. The first-order valence-corrected chi connectivity index (χ1v) is 7.66. The fraction of sp³-hybridized carbons (Fsp3) is 0.200. The second-order valence-electron chi connectivity index (χ2n) is 4.62. The molecule has 2 aromatic carbocycles. The molecule has 0 nitrogen and oxygen atoms in total. The number of halogens is 7. The maximum Gasteiger partial charge on any atom is 0.436 e. The van der Waals surface area contributed by atoms with Crippen LogP contribution < -0.4 is 10.6 Å². The number of hydrogen-bond acceptors (Lipinski definition) is 0. The van der Waals surface area contributed by atoms with Gasteiger partial charge in [0.1, 0.15) is 0 Å². The van der Waals surface area contributed by atoms with E-state index in [0.29, 0.717) is 0 Å². The number of rotatable bonds is 3. The molecule has 0 atom stereocenters. The Hall–Kier alpha value is -1.62. The molecule has 2 rings (SSSR count). The van der Waals surface area contributed by atoms with Crippen LogP contribution in [0.25, 0.3) is 0 Å². The van der Waals surface area contributed by atoms with Crippen molar-refractivity contribution in [3.05, 3.63) is 60.7 Å². The van der Waals surface area contributed by atoms with Gasteiger partial charge in [0.05, 0.1) is 0 Å². The molecule has 0 aromatic heterocycles. The average Bonchev–Trinajstić information content (AvgIpc) is 2.47. The Morgan fingerprint density at radius 1 is 0.522 bits per heavy atom. The van der Waals surface area contributed by atoms with Gasteiger partial charge in [-0.15, -0.1) is 0 Å². The molecule has 0 aliphatic rings. The molecule has 0 aliphatic heterocycles. The standard InChI is InChI=1S/C15H10F7P/c16-13(14(17,18)19,15(20,21)22)23(11-7-3-1-4-8-11)12-9-5-2-6-10-12/h1-10H. The summed E-state index contributed by atoms with van der Waals surface area (Å²) >= 11 is 0. The number of benzene rings is 2.